The molecule has 0 saturated heterocycles. The molecule has 2 aromatic rings. The number of para-hydroxylation sites is 1. The number of hydrogen-bond acceptors (Lipinski definition) is 4. The van der Waals surface area contributed by atoms with Gasteiger partial charge in [-0.15, -0.1) is 11.8 Å². The number of thioether (sulfide) groups is 1. The Labute approximate surface area is 164 Å². The van der Waals surface area contributed by atoms with Crippen LogP contribution in [0.5, 0.6) is 5.75 Å². The first-order chi connectivity index (χ1) is 13.0. The molecule has 0 fully saturated rings. The Bertz CT molecular complexity index is 762. The second kappa shape index (κ2) is 10.6. The first-order valence-corrected chi connectivity index (χ1v) is 10.1. The fraction of sp³-hybridized carbons (Fsp3) is 0.333. The number of hydrogen-bond donors (Lipinski definition) is 2. The number of carbonyl (C=O) groups is 2. The van der Waals surface area contributed by atoms with Crippen LogP contribution in [-0.2, 0) is 10.5 Å². The molecule has 2 rings (SSSR count). The predicted octanol–water partition coefficient (Wildman–Crippen LogP) is 4.10. The van der Waals surface area contributed by atoms with E-state index in [0.29, 0.717) is 17.0 Å². The summed E-state index contributed by atoms with van der Waals surface area (Å²) in [5.41, 5.74) is 2.14. The molecule has 0 bridgehead atoms. The van der Waals surface area contributed by atoms with Gasteiger partial charge in [-0.1, -0.05) is 31.2 Å². The standard InChI is InChI=1S/C21H26N2O3S/c1-4-15(2)22-21(25)18-7-5-6-8-19(18)23-20(24)14-27-13-16-9-11-17(26-3)12-10-16/h5-12,15H,4,13-14H2,1-3H3,(H,22,25)(H,23,24)/t15-/m1/s1. The maximum Gasteiger partial charge on any atom is 0.253 e. The van der Waals surface area contributed by atoms with Crippen LogP contribution >= 0.6 is 11.8 Å². The molecule has 0 aliphatic carbocycles. The van der Waals surface area contributed by atoms with E-state index < -0.39 is 0 Å². The zero-order valence-corrected chi connectivity index (χ0v) is 16.8. The molecule has 2 aromatic carbocycles. The molecule has 0 aromatic heterocycles. The van der Waals surface area contributed by atoms with Crippen molar-refractivity contribution >= 4 is 29.3 Å². The molecule has 0 heterocycles. The van der Waals surface area contributed by atoms with Crippen molar-refractivity contribution < 1.29 is 14.3 Å². The van der Waals surface area contributed by atoms with Crippen molar-refractivity contribution in [3.05, 3.63) is 59.7 Å². The largest absolute Gasteiger partial charge is 0.497 e. The van der Waals surface area contributed by atoms with Gasteiger partial charge in [0.2, 0.25) is 5.91 Å². The van der Waals surface area contributed by atoms with E-state index in [1.165, 1.54) is 11.8 Å². The van der Waals surface area contributed by atoms with E-state index >= 15 is 0 Å². The third-order valence-corrected chi connectivity index (χ3v) is 5.10. The van der Waals surface area contributed by atoms with Gasteiger partial charge in [0.25, 0.3) is 5.91 Å². The molecule has 0 aliphatic heterocycles. The topological polar surface area (TPSA) is 67.4 Å². The molecule has 2 N–H and O–H groups in total. The predicted molar refractivity (Wildman–Crippen MR) is 111 cm³/mol. The molecule has 27 heavy (non-hydrogen) atoms. The van der Waals surface area contributed by atoms with Gasteiger partial charge in [0.1, 0.15) is 5.75 Å². The lowest BCUT2D eigenvalue weighted by Gasteiger charge is -2.14. The SMILES string of the molecule is CC[C@@H](C)NC(=O)c1ccccc1NC(=O)CSCc1ccc(OC)cc1. The van der Waals surface area contributed by atoms with E-state index in [4.69, 9.17) is 4.74 Å². The molecular weight excluding hydrogens is 360 g/mol. The lowest BCUT2D eigenvalue weighted by Crippen LogP contribution is -2.32. The van der Waals surface area contributed by atoms with Crippen LogP contribution in [0.3, 0.4) is 0 Å². The van der Waals surface area contributed by atoms with Gasteiger partial charge in [0.05, 0.1) is 24.1 Å². The van der Waals surface area contributed by atoms with Gasteiger partial charge in [-0.2, -0.15) is 0 Å². The maximum absolute atomic E-state index is 12.4. The summed E-state index contributed by atoms with van der Waals surface area (Å²) in [6.45, 7) is 3.97. The van der Waals surface area contributed by atoms with E-state index in [9.17, 15) is 9.59 Å². The van der Waals surface area contributed by atoms with Crippen molar-refractivity contribution in [3.8, 4) is 5.75 Å². The summed E-state index contributed by atoms with van der Waals surface area (Å²) >= 11 is 1.52. The summed E-state index contributed by atoms with van der Waals surface area (Å²) in [5.74, 6) is 1.55. The molecule has 0 aliphatic rings. The molecule has 5 nitrogen and oxygen atoms in total. The van der Waals surface area contributed by atoms with E-state index in [1.807, 2.05) is 38.1 Å². The smallest absolute Gasteiger partial charge is 0.253 e. The number of benzene rings is 2. The molecule has 0 radical (unpaired) electrons. The third-order valence-electron chi connectivity index (χ3n) is 4.10. The van der Waals surface area contributed by atoms with Crippen LogP contribution in [0.1, 0.15) is 36.2 Å². The maximum atomic E-state index is 12.4. The number of methoxy groups -OCH3 is 1. The molecule has 1 atom stereocenters. The van der Waals surface area contributed by atoms with Crippen LogP contribution in [0, 0.1) is 0 Å². The fourth-order valence-corrected chi connectivity index (χ4v) is 3.15. The Balaban J connectivity index is 1.88. The minimum atomic E-state index is -0.175. The minimum absolute atomic E-state index is 0.0845. The Hall–Kier alpha value is -2.47. The summed E-state index contributed by atoms with van der Waals surface area (Å²) < 4.78 is 5.14. The molecule has 0 saturated carbocycles. The highest BCUT2D eigenvalue weighted by molar-refractivity contribution is 7.99. The van der Waals surface area contributed by atoms with Crippen molar-refractivity contribution in [1.82, 2.24) is 5.32 Å². The zero-order valence-electron chi connectivity index (χ0n) is 16.0. The second-order valence-electron chi connectivity index (χ2n) is 6.22. The van der Waals surface area contributed by atoms with Gasteiger partial charge < -0.3 is 15.4 Å². The quantitative estimate of drug-likeness (QED) is 0.681. The van der Waals surface area contributed by atoms with E-state index in [1.54, 1.807) is 31.4 Å². The van der Waals surface area contributed by atoms with Gasteiger partial charge in [0, 0.05) is 11.8 Å². The molecule has 6 heteroatoms. The van der Waals surface area contributed by atoms with Gasteiger partial charge in [-0.05, 0) is 43.2 Å². The third kappa shape index (κ3) is 6.64. The lowest BCUT2D eigenvalue weighted by molar-refractivity contribution is -0.113. The summed E-state index contributed by atoms with van der Waals surface area (Å²) in [7, 11) is 1.63. The summed E-state index contributed by atoms with van der Waals surface area (Å²) in [4.78, 5) is 24.7. The van der Waals surface area contributed by atoms with Crippen LogP contribution in [-0.4, -0.2) is 30.7 Å². The molecule has 2 amide bonds. The number of nitrogens with one attached hydrogen (secondary N) is 2. The highest BCUT2D eigenvalue weighted by Crippen LogP contribution is 2.18. The normalized spacial score (nSPS) is 11.5. The van der Waals surface area contributed by atoms with Crippen molar-refractivity contribution in [3.63, 3.8) is 0 Å². The monoisotopic (exact) mass is 386 g/mol. The van der Waals surface area contributed by atoms with Crippen LogP contribution in [0.4, 0.5) is 5.69 Å². The molecule has 0 unspecified atom stereocenters. The second-order valence-corrected chi connectivity index (χ2v) is 7.20. The van der Waals surface area contributed by atoms with Gasteiger partial charge >= 0.3 is 0 Å². The zero-order chi connectivity index (χ0) is 19.6. The molecule has 0 spiro atoms. The van der Waals surface area contributed by atoms with Crippen LogP contribution in [0.2, 0.25) is 0 Å². The first-order valence-electron chi connectivity index (χ1n) is 8.94. The van der Waals surface area contributed by atoms with Crippen molar-refractivity contribution in [2.45, 2.75) is 32.1 Å². The van der Waals surface area contributed by atoms with Gasteiger partial charge in [0.15, 0.2) is 0 Å². The van der Waals surface area contributed by atoms with Crippen molar-refractivity contribution in [1.29, 1.82) is 0 Å². The number of carbonyl (C=O) groups excluding carboxylic acids is 2. The number of amides is 2. The molecule has 144 valence electrons. The Morgan fingerprint density at radius 3 is 2.48 bits per heavy atom. The Morgan fingerprint density at radius 1 is 1.11 bits per heavy atom. The average Bonchev–Trinajstić information content (AvgIpc) is 2.68. The average molecular weight is 387 g/mol. The van der Waals surface area contributed by atoms with Gasteiger partial charge in [-0.3, -0.25) is 9.59 Å². The van der Waals surface area contributed by atoms with Crippen LogP contribution in [0.15, 0.2) is 48.5 Å². The number of anilines is 1. The van der Waals surface area contributed by atoms with Crippen LogP contribution in [0.25, 0.3) is 0 Å². The van der Waals surface area contributed by atoms with E-state index in [0.717, 1.165) is 23.5 Å². The van der Waals surface area contributed by atoms with E-state index in [2.05, 4.69) is 10.6 Å². The van der Waals surface area contributed by atoms with Crippen molar-refractivity contribution in [2.24, 2.45) is 0 Å². The Morgan fingerprint density at radius 2 is 1.81 bits per heavy atom. The van der Waals surface area contributed by atoms with E-state index in [-0.39, 0.29) is 17.9 Å². The van der Waals surface area contributed by atoms with Gasteiger partial charge in [-0.25, -0.2) is 0 Å². The highest BCUT2D eigenvalue weighted by atomic mass is 32.2. The number of rotatable bonds is 9. The highest BCUT2D eigenvalue weighted by Gasteiger charge is 2.14. The minimum Gasteiger partial charge on any atom is -0.497 e. The Kier molecular flexibility index (Phi) is 8.20. The first kappa shape index (κ1) is 20.8. The number of ether oxygens (including phenoxy) is 1. The summed E-state index contributed by atoms with van der Waals surface area (Å²) in [6, 6.07) is 14.9. The fourth-order valence-electron chi connectivity index (χ4n) is 2.36. The van der Waals surface area contributed by atoms with Crippen molar-refractivity contribution in [2.75, 3.05) is 18.2 Å². The molecular formula is C21H26N2O3S. The summed E-state index contributed by atoms with van der Waals surface area (Å²) in [5, 5.41) is 5.77. The summed E-state index contributed by atoms with van der Waals surface area (Å²) in [6.07, 6.45) is 0.849. The lowest BCUT2D eigenvalue weighted by atomic mass is 10.1. The van der Waals surface area contributed by atoms with Crippen LogP contribution < -0.4 is 15.4 Å².